The molecule has 0 spiro atoms. The zero-order valence-corrected chi connectivity index (χ0v) is 16.3. The van der Waals surface area contributed by atoms with E-state index in [0.29, 0.717) is 12.6 Å². The van der Waals surface area contributed by atoms with Gasteiger partial charge in [-0.1, -0.05) is 0 Å². The predicted molar refractivity (Wildman–Crippen MR) is 104 cm³/mol. The zero-order chi connectivity index (χ0) is 17.3. The zero-order valence-electron chi connectivity index (χ0n) is 15.5. The number of aromatic nitrogens is 1. The van der Waals surface area contributed by atoms with E-state index in [4.69, 9.17) is 4.74 Å². The van der Waals surface area contributed by atoms with Gasteiger partial charge in [0.15, 0.2) is 0 Å². The van der Waals surface area contributed by atoms with E-state index in [0.717, 1.165) is 37.1 Å². The van der Waals surface area contributed by atoms with Crippen LogP contribution in [0.3, 0.4) is 0 Å². The quantitative estimate of drug-likeness (QED) is 0.906. The summed E-state index contributed by atoms with van der Waals surface area (Å²) in [5.74, 6) is 0.131. The molecule has 2 aromatic rings. The van der Waals surface area contributed by atoms with E-state index < -0.39 is 0 Å². The number of halogens is 1. The number of rotatable bonds is 4. The number of hydrogen-bond acceptors (Lipinski definition) is 3. The summed E-state index contributed by atoms with van der Waals surface area (Å²) in [5, 5.41) is 4.54. The normalized spacial score (nSPS) is 17.6. The Morgan fingerprint density at radius 2 is 2.12 bits per heavy atom. The van der Waals surface area contributed by atoms with Gasteiger partial charge in [-0.15, -0.1) is 12.4 Å². The lowest BCUT2D eigenvalue weighted by atomic mass is 10.1. The summed E-state index contributed by atoms with van der Waals surface area (Å²) in [5.41, 5.74) is 4.43. The van der Waals surface area contributed by atoms with Crippen LogP contribution in [0.4, 0.5) is 0 Å². The van der Waals surface area contributed by atoms with Crippen LogP contribution in [0.1, 0.15) is 28.5 Å². The van der Waals surface area contributed by atoms with E-state index in [1.54, 1.807) is 7.11 Å². The van der Waals surface area contributed by atoms with E-state index >= 15 is 0 Å². The predicted octanol–water partition coefficient (Wildman–Crippen LogP) is 2.76. The summed E-state index contributed by atoms with van der Waals surface area (Å²) < 4.78 is 7.50. The van der Waals surface area contributed by atoms with Crippen LogP contribution < -0.4 is 5.32 Å². The summed E-state index contributed by atoms with van der Waals surface area (Å²) in [7, 11) is 1.72. The number of carbonyl (C=O) groups is 1. The molecule has 1 aliphatic heterocycles. The Bertz CT molecular complexity index is 757. The van der Waals surface area contributed by atoms with Crippen LogP contribution in [-0.2, 0) is 11.3 Å². The van der Waals surface area contributed by atoms with Crippen LogP contribution in [0.5, 0.6) is 0 Å². The highest BCUT2D eigenvalue weighted by Crippen LogP contribution is 2.27. The van der Waals surface area contributed by atoms with Crippen molar-refractivity contribution in [3.63, 3.8) is 0 Å². The minimum absolute atomic E-state index is 0. The molecule has 1 N–H and O–H groups in total. The first kappa shape index (κ1) is 19.8. The number of methoxy groups -OCH3 is 1. The molecule has 6 heteroatoms. The van der Waals surface area contributed by atoms with Crippen molar-refractivity contribution in [2.45, 2.75) is 33.4 Å². The number of hydrogen-bond donors (Lipinski definition) is 1. The van der Waals surface area contributed by atoms with Gasteiger partial charge in [0.25, 0.3) is 5.91 Å². The summed E-state index contributed by atoms with van der Waals surface area (Å²) in [6, 6.07) is 6.44. The molecule has 0 bridgehead atoms. The van der Waals surface area contributed by atoms with Crippen molar-refractivity contribution in [1.29, 1.82) is 0 Å². The first-order chi connectivity index (χ1) is 11.5. The van der Waals surface area contributed by atoms with Crippen molar-refractivity contribution in [2.75, 3.05) is 33.4 Å². The molecule has 1 aliphatic rings. The first-order valence-electron chi connectivity index (χ1n) is 8.64. The minimum Gasteiger partial charge on any atom is -0.383 e. The van der Waals surface area contributed by atoms with Gasteiger partial charge in [0.1, 0.15) is 0 Å². The first-order valence-corrected chi connectivity index (χ1v) is 8.64. The topological polar surface area (TPSA) is 46.5 Å². The summed E-state index contributed by atoms with van der Waals surface area (Å²) in [6.45, 7) is 10.3. The van der Waals surface area contributed by atoms with Gasteiger partial charge < -0.3 is 19.5 Å². The number of nitrogens with zero attached hydrogens (tertiary/aromatic N) is 2. The molecule has 2 heterocycles. The summed E-state index contributed by atoms with van der Waals surface area (Å²) in [4.78, 5) is 14.8. The fourth-order valence-electron chi connectivity index (χ4n) is 3.55. The van der Waals surface area contributed by atoms with Gasteiger partial charge in [0.05, 0.1) is 6.61 Å². The van der Waals surface area contributed by atoms with E-state index in [1.165, 1.54) is 16.8 Å². The molecule has 0 saturated carbocycles. The second kappa shape index (κ2) is 8.21. The van der Waals surface area contributed by atoms with E-state index in [1.807, 2.05) is 11.0 Å². The van der Waals surface area contributed by atoms with Crippen LogP contribution in [0, 0.1) is 13.8 Å². The fourth-order valence-corrected chi connectivity index (χ4v) is 3.55. The molecule has 0 aliphatic carbocycles. The standard InChI is InChI=1S/C19H27N3O2.ClH/c1-13-12-21(8-7-20-13)19(23)16-5-6-18-17(11-16)14(2)15(3)22(18)9-10-24-4;/h5-6,11,13,20H,7-10,12H2,1-4H3;1H/t13-;/m1./s1. The number of benzene rings is 1. The maximum atomic E-state index is 12.8. The largest absolute Gasteiger partial charge is 0.383 e. The third-order valence-electron chi connectivity index (χ3n) is 5.06. The van der Waals surface area contributed by atoms with Gasteiger partial charge in [-0.25, -0.2) is 0 Å². The van der Waals surface area contributed by atoms with Crippen molar-refractivity contribution in [1.82, 2.24) is 14.8 Å². The van der Waals surface area contributed by atoms with E-state index in [-0.39, 0.29) is 18.3 Å². The average Bonchev–Trinajstić information content (AvgIpc) is 2.83. The van der Waals surface area contributed by atoms with Crippen molar-refractivity contribution < 1.29 is 9.53 Å². The van der Waals surface area contributed by atoms with Gasteiger partial charge in [-0.05, 0) is 44.5 Å². The Kier molecular flexibility index (Phi) is 6.49. The highest BCUT2D eigenvalue weighted by Gasteiger charge is 2.22. The molecule has 0 unspecified atom stereocenters. The number of nitrogens with one attached hydrogen (secondary N) is 1. The molecule has 1 saturated heterocycles. The molecule has 5 nitrogen and oxygen atoms in total. The molecule has 1 atom stereocenters. The number of carbonyl (C=O) groups excluding carboxylic acids is 1. The van der Waals surface area contributed by atoms with Crippen molar-refractivity contribution in [3.05, 3.63) is 35.0 Å². The van der Waals surface area contributed by atoms with Crippen LogP contribution in [0.2, 0.25) is 0 Å². The van der Waals surface area contributed by atoms with Crippen LogP contribution in [0.15, 0.2) is 18.2 Å². The molecule has 1 aromatic heterocycles. The van der Waals surface area contributed by atoms with Crippen LogP contribution in [-0.4, -0.2) is 54.8 Å². The molecule has 25 heavy (non-hydrogen) atoms. The lowest BCUT2D eigenvalue weighted by Crippen LogP contribution is -2.51. The Morgan fingerprint density at radius 1 is 1.36 bits per heavy atom. The molecule has 1 amide bonds. The highest BCUT2D eigenvalue weighted by molar-refractivity contribution is 5.99. The Morgan fingerprint density at radius 3 is 2.80 bits per heavy atom. The fraction of sp³-hybridized carbons (Fsp3) is 0.526. The van der Waals surface area contributed by atoms with Gasteiger partial charge in [0.2, 0.25) is 0 Å². The van der Waals surface area contributed by atoms with Crippen LogP contribution in [0.25, 0.3) is 10.9 Å². The Labute approximate surface area is 155 Å². The SMILES string of the molecule is COCCn1c(C)c(C)c2cc(C(=O)N3CCN[C@H](C)C3)ccc21.Cl. The molecular weight excluding hydrogens is 338 g/mol. The second-order valence-electron chi connectivity index (χ2n) is 6.69. The van der Waals surface area contributed by atoms with Gasteiger partial charge in [-0.3, -0.25) is 4.79 Å². The van der Waals surface area contributed by atoms with Crippen molar-refractivity contribution in [3.8, 4) is 0 Å². The lowest BCUT2D eigenvalue weighted by Gasteiger charge is -2.32. The number of amides is 1. The highest BCUT2D eigenvalue weighted by atomic mass is 35.5. The maximum Gasteiger partial charge on any atom is 0.253 e. The summed E-state index contributed by atoms with van der Waals surface area (Å²) in [6.07, 6.45) is 0. The monoisotopic (exact) mass is 365 g/mol. The van der Waals surface area contributed by atoms with E-state index in [2.05, 4.69) is 42.8 Å². The summed E-state index contributed by atoms with van der Waals surface area (Å²) >= 11 is 0. The molecule has 138 valence electrons. The van der Waals surface area contributed by atoms with Crippen molar-refractivity contribution >= 4 is 29.2 Å². The van der Waals surface area contributed by atoms with E-state index in [9.17, 15) is 4.79 Å². The van der Waals surface area contributed by atoms with Crippen LogP contribution >= 0.6 is 12.4 Å². The smallest absolute Gasteiger partial charge is 0.253 e. The lowest BCUT2D eigenvalue weighted by molar-refractivity contribution is 0.0709. The Balaban J connectivity index is 0.00000225. The molecule has 1 fully saturated rings. The number of piperazine rings is 1. The average molecular weight is 366 g/mol. The minimum atomic E-state index is 0. The Hall–Kier alpha value is -1.56. The second-order valence-corrected chi connectivity index (χ2v) is 6.69. The maximum absolute atomic E-state index is 12.8. The third kappa shape index (κ3) is 3.84. The molecule has 0 radical (unpaired) electrons. The molecule has 3 rings (SSSR count). The van der Waals surface area contributed by atoms with Gasteiger partial charge in [0, 0.05) is 61.5 Å². The van der Waals surface area contributed by atoms with Gasteiger partial charge in [-0.2, -0.15) is 0 Å². The molecular formula is C19H28ClN3O2. The third-order valence-corrected chi connectivity index (χ3v) is 5.06. The number of fused-ring (bicyclic) bond motifs is 1. The van der Waals surface area contributed by atoms with Crippen molar-refractivity contribution in [2.24, 2.45) is 0 Å². The number of ether oxygens (including phenoxy) is 1. The van der Waals surface area contributed by atoms with Gasteiger partial charge >= 0.3 is 0 Å². The molecule has 1 aromatic carbocycles. The number of aryl methyl sites for hydroxylation is 1.